The van der Waals surface area contributed by atoms with Crippen LogP contribution in [0.15, 0.2) is 71.6 Å². The minimum Gasteiger partial charge on any atom is -0.494 e. The van der Waals surface area contributed by atoms with Crippen molar-refractivity contribution in [3.8, 4) is 5.75 Å². The zero-order chi connectivity index (χ0) is 24.0. The molecule has 0 aliphatic rings. The number of hydrogen-bond acceptors (Lipinski definition) is 4. The number of anilines is 2. The zero-order valence-corrected chi connectivity index (χ0v) is 19.7. The quantitative estimate of drug-likeness (QED) is 0.481. The smallest absolute Gasteiger partial charge is 0.264 e. The Balaban J connectivity index is 1.96. The SMILES string of the molecule is CCOc1ccc(N(CC(=O)Nc2c(C)cccc2CC)S(=O)(=O)c2ccc(F)cc2)cc1. The highest BCUT2D eigenvalue weighted by Gasteiger charge is 2.27. The van der Waals surface area contributed by atoms with Crippen molar-refractivity contribution >= 4 is 27.3 Å². The summed E-state index contributed by atoms with van der Waals surface area (Å²) in [6, 6.07) is 16.6. The maximum absolute atomic E-state index is 13.4. The maximum atomic E-state index is 13.4. The number of hydrogen-bond donors (Lipinski definition) is 1. The second-order valence-corrected chi connectivity index (χ2v) is 9.27. The fraction of sp³-hybridized carbons (Fsp3) is 0.240. The normalized spacial score (nSPS) is 11.2. The van der Waals surface area contributed by atoms with Crippen molar-refractivity contribution in [2.75, 3.05) is 22.8 Å². The van der Waals surface area contributed by atoms with Crippen molar-refractivity contribution < 1.29 is 22.3 Å². The molecule has 0 atom stereocenters. The largest absolute Gasteiger partial charge is 0.494 e. The molecule has 0 spiro atoms. The van der Waals surface area contributed by atoms with Gasteiger partial charge in [-0.2, -0.15) is 0 Å². The van der Waals surface area contributed by atoms with Crippen LogP contribution in [0.5, 0.6) is 5.75 Å². The van der Waals surface area contributed by atoms with E-state index in [1.807, 2.05) is 39.0 Å². The van der Waals surface area contributed by atoms with Gasteiger partial charge < -0.3 is 10.1 Å². The number of para-hydroxylation sites is 1. The Morgan fingerprint density at radius 1 is 1.00 bits per heavy atom. The van der Waals surface area contributed by atoms with E-state index in [4.69, 9.17) is 4.74 Å². The van der Waals surface area contributed by atoms with Crippen molar-refractivity contribution in [2.45, 2.75) is 32.1 Å². The molecular formula is C25H27FN2O4S. The van der Waals surface area contributed by atoms with Gasteiger partial charge in [0.2, 0.25) is 5.91 Å². The number of nitrogens with one attached hydrogen (secondary N) is 1. The molecule has 0 saturated heterocycles. The van der Waals surface area contributed by atoms with Gasteiger partial charge in [0.1, 0.15) is 18.1 Å². The molecule has 3 aromatic carbocycles. The van der Waals surface area contributed by atoms with Crippen molar-refractivity contribution in [3.05, 3.63) is 83.7 Å². The molecule has 1 N–H and O–H groups in total. The first-order chi connectivity index (χ1) is 15.8. The average molecular weight is 471 g/mol. The molecule has 174 valence electrons. The van der Waals surface area contributed by atoms with E-state index in [1.165, 1.54) is 12.1 Å². The van der Waals surface area contributed by atoms with Crippen molar-refractivity contribution in [1.82, 2.24) is 0 Å². The summed E-state index contributed by atoms with van der Waals surface area (Å²) in [7, 11) is -4.14. The number of rotatable bonds is 9. The van der Waals surface area contributed by atoms with Gasteiger partial charge in [-0.05, 0) is 79.9 Å². The molecule has 0 bridgehead atoms. The molecule has 3 aromatic rings. The molecule has 8 heteroatoms. The summed E-state index contributed by atoms with van der Waals surface area (Å²) in [5, 5.41) is 2.86. The zero-order valence-electron chi connectivity index (χ0n) is 18.8. The van der Waals surface area contributed by atoms with E-state index in [0.717, 1.165) is 27.6 Å². The molecule has 0 aliphatic heterocycles. The Hall–Kier alpha value is -3.39. The van der Waals surface area contributed by atoms with Crippen molar-refractivity contribution in [2.24, 2.45) is 0 Å². The lowest BCUT2D eigenvalue weighted by Crippen LogP contribution is -2.38. The predicted molar refractivity (Wildman–Crippen MR) is 128 cm³/mol. The first-order valence-corrected chi connectivity index (χ1v) is 12.1. The number of aryl methyl sites for hydroxylation is 2. The number of benzene rings is 3. The molecule has 1 amide bonds. The fourth-order valence-corrected chi connectivity index (χ4v) is 4.86. The molecular weight excluding hydrogens is 443 g/mol. The van der Waals surface area contributed by atoms with Gasteiger partial charge in [0.05, 0.1) is 17.2 Å². The highest BCUT2D eigenvalue weighted by Crippen LogP contribution is 2.27. The molecule has 6 nitrogen and oxygen atoms in total. The van der Waals surface area contributed by atoms with Gasteiger partial charge in [-0.25, -0.2) is 12.8 Å². The van der Waals surface area contributed by atoms with Crippen LogP contribution in [-0.2, 0) is 21.2 Å². The van der Waals surface area contributed by atoms with Crippen LogP contribution < -0.4 is 14.4 Å². The summed E-state index contributed by atoms with van der Waals surface area (Å²) in [4.78, 5) is 12.9. The Labute approximate surface area is 194 Å². The van der Waals surface area contributed by atoms with Gasteiger partial charge in [0, 0.05) is 5.69 Å². The number of ether oxygens (including phenoxy) is 1. The van der Waals surface area contributed by atoms with Crippen LogP contribution in [-0.4, -0.2) is 27.5 Å². The number of carbonyl (C=O) groups excluding carboxylic acids is 1. The number of sulfonamides is 1. The Bertz CT molecular complexity index is 1210. The highest BCUT2D eigenvalue weighted by molar-refractivity contribution is 7.92. The Kier molecular flexibility index (Phi) is 7.71. The van der Waals surface area contributed by atoms with Crippen molar-refractivity contribution in [1.29, 1.82) is 0 Å². The summed E-state index contributed by atoms with van der Waals surface area (Å²) in [6.45, 7) is 5.73. The van der Waals surface area contributed by atoms with Gasteiger partial charge in [-0.15, -0.1) is 0 Å². The summed E-state index contributed by atoms with van der Waals surface area (Å²) in [5.41, 5.74) is 2.81. The number of halogens is 1. The van der Waals surface area contributed by atoms with E-state index in [-0.39, 0.29) is 4.90 Å². The third kappa shape index (κ3) is 5.70. The third-order valence-electron chi connectivity index (χ3n) is 5.13. The van der Waals surface area contributed by atoms with Crippen LogP contribution in [0.3, 0.4) is 0 Å². The van der Waals surface area contributed by atoms with Gasteiger partial charge in [-0.3, -0.25) is 9.10 Å². The van der Waals surface area contributed by atoms with Crippen LogP contribution in [0, 0.1) is 12.7 Å². The Morgan fingerprint density at radius 2 is 1.67 bits per heavy atom. The highest BCUT2D eigenvalue weighted by atomic mass is 32.2. The fourth-order valence-electron chi connectivity index (χ4n) is 3.44. The summed E-state index contributed by atoms with van der Waals surface area (Å²) < 4.78 is 46.7. The monoisotopic (exact) mass is 470 g/mol. The van der Waals surface area contributed by atoms with E-state index in [2.05, 4.69) is 5.32 Å². The first-order valence-electron chi connectivity index (χ1n) is 10.7. The maximum Gasteiger partial charge on any atom is 0.264 e. The van der Waals surface area contributed by atoms with E-state index < -0.39 is 28.3 Å². The van der Waals surface area contributed by atoms with E-state index in [9.17, 15) is 17.6 Å². The van der Waals surface area contributed by atoms with Gasteiger partial charge in [-0.1, -0.05) is 25.1 Å². The van der Waals surface area contributed by atoms with E-state index in [1.54, 1.807) is 24.3 Å². The van der Waals surface area contributed by atoms with Crippen LogP contribution in [0.4, 0.5) is 15.8 Å². The third-order valence-corrected chi connectivity index (χ3v) is 6.92. The first kappa shape index (κ1) is 24.3. The second kappa shape index (κ2) is 10.5. The molecule has 3 rings (SSSR count). The van der Waals surface area contributed by atoms with Crippen molar-refractivity contribution in [3.63, 3.8) is 0 Å². The summed E-state index contributed by atoms with van der Waals surface area (Å²) in [6.07, 6.45) is 0.716. The molecule has 0 aromatic heterocycles. The molecule has 0 saturated carbocycles. The lowest BCUT2D eigenvalue weighted by atomic mass is 10.1. The minimum absolute atomic E-state index is 0.115. The Morgan fingerprint density at radius 3 is 2.27 bits per heavy atom. The second-order valence-electron chi connectivity index (χ2n) is 7.40. The molecule has 33 heavy (non-hydrogen) atoms. The topological polar surface area (TPSA) is 75.7 Å². The van der Waals surface area contributed by atoms with Crippen LogP contribution in [0.1, 0.15) is 25.0 Å². The molecule has 0 unspecified atom stereocenters. The number of carbonyl (C=O) groups is 1. The summed E-state index contributed by atoms with van der Waals surface area (Å²) in [5.74, 6) is -0.457. The van der Waals surface area contributed by atoms with E-state index >= 15 is 0 Å². The van der Waals surface area contributed by atoms with Gasteiger partial charge >= 0.3 is 0 Å². The number of nitrogens with zero attached hydrogens (tertiary/aromatic N) is 1. The lowest BCUT2D eigenvalue weighted by Gasteiger charge is -2.25. The standard InChI is InChI=1S/C25H27FN2O4S/c1-4-19-8-6-7-18(3)25(19)27-24(29)17-28(21-11-13-22(14-12-21)32-5-2)33(30,31)23-15-9-20(26)10-16-23/h6-16H,4-5,17H2,1-3H3,(H,27,29). The average Bonchev–Trinajstić information content (AvgIpc) is 2.80. The molecule has 0 fully saturated rings. The van der Waals surface area contributed by atoms with Crippen LogP contribution in [0.2, 0.25) is 0 Å². The predicted octanol–water partition coefficient (Wildman–Crippen LogP) is 4.93. The molecule has 0 aliphatic carbocycles. The number of amides is 1. The molecule has 0 radical (unpaired) electrons. The van der Waals surface area contributed by atoms with Crippen LogP contribution in [0.25, 0.3) is 0 Å². The molecule has 0 heterocycles. The van der Waals surface area contributed by atoms with E-state index in [0.29, 0.717) is 30.2 Å². The van der Waals surface area contributed by atoms with Crippen LogP contribution >= 0.6 is 0 Å². The lowest BCUT2D eigenvalue weighted by molar-refractivity contribution is -0.114. The van der Waals surface area contributed by atoms with Gasteiger partial charge in [0.25, 0.3) is 10.0 Å². The van der Waals surface area contributed by atoms with Gasteiger partial charge in [0.15, 0.2) is 0 Å². The summed E-state index contributed by atoms with van der Waals surface area (Å²) >= 11 is 0. The minimum atomic E-state index is -4.14.